The van der Waals surface area contributed by atoms with Gasteiger partial charge in [0, 0.05) is 18.8 Å². The Balaban J connectivity index is 1.23. The van der Waals surface area contributed by atoms with Gasteiger partial charge in [-0.15, -0.1) is 0 Å². The van der Waals surface area contributed by atoms with Gasteiger partial charge in [-0.25, -0.2) is 0 Å². The van der Waals surface area contributed by atoms with Crippen LogP contribution in [0.3, 0.4) is 0 Å². The summed E-state index contributed by atoms with van der Waals surface area (Å²) in [5.74, 6) is 2.22. The Morgan fingerprint density at radius 3 is 1.31 bits per heavy atom. The second-order valence-corrected chi connectivity index (χ2v) is 25.8. The van der Waals surface area contributed by atoms with E-state index in [9.17, 15) is 4.79 Å². The Labute approximate surface area is 565 Å². The predicted octanol–water partition coefficient (Wildman–Crippen LogP) is 19.4. The molecule has 1 unspecified atom stereocenters. The number of unbranched alkanes of at least 4 members (excludes halogenated alkanes) is 19. The molecule has 12 heteroatoms. The normalized spacial score (nSPS) is 17.4. The van der Waals surface area contributed by atoms with Crippen molar-refractivity contribution in [1.82, 2.24) is 0 Å². The van der Waals surface area contributed by atoms with Crippen molar-refractivity contribution in [2.75, 3.05) is 33.2 Å². The van der Waals surface area contributed by atoms with E-state index in [1.54, 1.807) is 14.2 Å². The number of benzene rings is 6. The molecule has 508 valence electrons. The summed E-state index contributed by atoms with van der Waals surface area (Å²) in [5.41, 5.74) is 6.05. The number of hydrogen-bond donors (Lipinski definition) is 1. The average molecular weight is 1290 g/mol. The van der Waals surface area contributed by atoms with Crippen molar-refractivity contribution in [3.05, 3.63) is 203 Å². The maximum atomic E-state index is 14.9. The molecule has 1 saturated heterocycles. The van der Waals surface area contributed by atoms with E-state index >= 15 is 0 Å². The van der Waals surface area contributed by atoms with Crippen LogP contribution in [0.1, 0.15) is 194 Å². The van der Waals surface area contributed by atoms with Crippen LogP contribution >= 0.6 is 12.6 Å². The minimum Gasteiger partial charge on any atom is -0.497 e. The van der Waals surface area contributed by atoms with Crippen LogP contribution < -0.4 is 9.47 Å². The van der Waals surface area contributed by atoms with E-state index < -0.39 is 48.8 Å². The minimum absolute atomic E-state index is 0.0987. The van der Waals surface area contributed by atoms with Crippen LogP contribution in [0, 0.1) is 5.92 Å². The lowest BCUT2D eigenvalue weighted by molar-refractivity contribution is -0.331. The second-order valence-electron chi connectivity index (χ2n) is 25.3. The zero-order valence-electron chi connectivity index (χ0n) is 56.6. The zero-order valence-corrected chi connectivity index (χ0v) is 57.5. The number of ketones is 1. The number of methoxy groups -OCH3 is 2. The van der Waals surface area contributed by atoms with Crippen LogP contribution in [-0.4, -0.2) is 81.9 Å². The first kappa shape index (κ1) is 75.0. The van der Waals surface area contributed by atoms with E-state index in [1.807, 2.05) is 109 Å². The lowest BCUT2D eigenvalue weighted by Gasteiger charge is -2.46. The van der Waals surface area contributed by atoms with E-state index in [-0.39, 0.29) is 45.2 Å². The molecule has 0 amide bonds. The largest absolute Gasteiger partial charge is 0.497 e. The molecule has 7 rings (SSSR count). The molecular formula is C81H112O11S. The van der Waals surface area contributed by atoms with Crippen molar-refractivity contribution in [3.8, 4) is 11.5 Å². The zero-order chi connectivity index (χ0) is 65.0. The third-order valence-corrected chi connectivity index (χ3v) is 18.1. The van der Waals surface area contributed by atoms with Gasteiger partial charge in [-0.3, -0.25) is 4.79 Å². The molecule has 6 aromatic carbocycles. The molecule has 6 aromatic rings. The van der Waals surface area contributed by atoms with Crippen LogP contribution in [0.2, 0.25) is 0 Å². The maximum Gasteiger partial charge on any atom is 0.186 e. The molecule has 0 spiro atoms. The molecule has 8 atom stereocenters. The molecule has 1 aliphatic rings. The fourth-order valence-corrected chi connectivity index (χ4v) is 12.6. The minimum atomic E-state index is -0.996. The standard InChI is InChI=1S/C81H112O11S/c1-4-5-6-7-8-9-10-11-14-17-20-35-46-75(86-58-69-47-51-73(83-2)52-48-69)77(87-62-70-49-53-74(84-3)54-50-70)71(56-72(82)45-34-19-16-13-12-15-18-21-36-55-93)63-91-81-80(90-61-68-43-32-25-33-44-68)79(89-60-67-41-30-24-31-42-67)78(88-59-66-39-28-23-29-40-66)76(92-81)64-85-57-65-37-26-22-27-38-65/h22-33,37-44,47-54,71,75-81,93H,4-21,34-36,45-46,55-64H2,1-3H3/t71-,75+,76?,77-,78-,79-,80+,81-/m0/s1. The topological polar surface area (TPSA) is 109 Å². The van der Waals surface area contributed by atoms with E-state index in [0.717, 1.165) is 95.6 Å². The number of Topliss-reactive ketones (excluding diaryl/α,β-unsaturated/α-hetero) is 1. The van der Waals surface area contributed by atoms with Gasteiger partial charge in [0.2, 0.25) is 0 Å². The fraction of sp³-hybridized carbons (Fsp3) is 0.543. The van der Waals surface area contributed by atoms with Gasteiger partial charge < -0.3 is 47.4 Å². The molecule has 11 nitrogen and oxygen atoms in total. The molecule has 0 saturated carbocycles. The first-order valence-electron chi connectivity index (χ1n) is 35.4. The first-order chi connectivity index (χ1) is 45.9. The SMILES string of the molecule is CCCCCCCCCCCCCC[C@@H](OCc1ccc(OC)cc1)[C@@H](OCc1ccc(OC)cc1)[C@H](CO[C@H]1OC(COCc2ccccc2)[C@H](OCc2ccccc2)[C@H](OCc2ccccc2)[C@H]1OCc1ccccc1)CC(=O)CCCCCCCCCCCS. The quantitative estimate of drug-likeness (QED) is 0.0291. The Bertz CT molecular complexity index is 2770. The fourth-order valence-electron chi connectivity index (χ4n) is 12.4. The molecule has 0 aliphatic carbocycles. The van der Waals surface area contributed by atoms with Crippen LogP contribution in [0.4, 0.5) is 0 Å². The summed E-state index contributed by atoms with van der Waals surface area (Å²) in [5, 5.41) is 0. The monoisotopic (exact) mass is 1290 g/mol. The van der Waals surface area contributed by atoms with Gasteiger partial charge in [0.25, 0.3) is 0 Å². The van der Waals surface area contributed by atoms with Gasteiger partial charge in [-0.05, 0) is 82.7 Å². The van der Waals surface area contributed by atoms with Gasteiger partial charge >= 0.3 is 0 Å². The van der Waals surface area contributed by atoms with Crippen LogP contribution in [-0.2, 0) is 82.3 Å². The summed E-state index contributed by atoms with van der Waals surface area (Å²) in [4.78, 5) is 14.9. The van der Waals surface area contributed by atoms with E-state index in [4.69, 9.17) is 47.4 Å². The van der Waals surface area contributed by atoms with Gasteiger partial charge in [0.15, 0.2) is 6.29 Å². The highest BCUT2D eigenvalue weighted by Gasteiger charge is 2.50. The third kappa shape index (κ3) is 29.7. The summed E-state index contributed by atoms with van der Waals surface area (Å²) in [6.07, 6.45) is 21.8. The summed E-state index contributed by atoms with van der Waals surface area (Å²) in [6, 6.07) is 56.8. The van der Waals surface area contributed by atoms with Crippen molar-refractivity contribution >= 4 is 18.4 Å². The summed E-state index contributed by atoms with van der Waals surface area (Å²) in [6.45, 7) is 4.40. The summed E-state index contributed by atoms with van der Waals surface area (Å²) >= 11 is 4.40. The van der Waals surface area contributed by atoms with Crippen LogP contribution in [0.5, 0.6) is 11.5 Å². The number of ether oxygens (including phenoxy) is 10. The van der Waals surface area contributed by atoms with E-state index in [0.29, 0.717) is 26.2 Å². The molecule has 0 radical (unpaired) electrons. The highest BCUT2D eigenvalue weighted by Crippen LogP contribution is 2.35. The number of carbonyl (C=O) groups is 1. The smallest absolute Gasteiger partial charge is 0.186 e. The Kier molecular flexibility index (Phi) is 37.7. The van der Waals surface area contributed by atoms with Gasteiger partial charge in [-0.1, -0.05) is 275 Å². The molecule has 1 aliphatic heterocycles. The first-order valence-corrected chi connectivity index (χ1v) is 36.0. The lowest BCUT2D eigenvalue weighted by Crippen LogP contribution is -2.62. The van der Waals surface area contributed by atoms with E-state index in [1.165, 1.54) is 96.3 Å². The average Bonchev–Trinajstić information content (AvgIpc) is 0.935. The molecule has 0 N–H and O–H groups in total. The van der Waals surface area contributed by atoms with E-state index in [2.05, 4.69) is 80.2 Å². The predicted molar refractivity (Wildman–Crippen MR) is 378 cm³/mol. The van der Waals surface area contributed by atoms with Crippen LogP contribution in [0.25, 0.3) is 0 Å². The van der Waals surface area contributed by atoms with Gasteiger partial charge in [-0.2, -0.15) is 12.6 Å². The van der Waals surface area contributed by atoms with Crippen molar-refractivity contribution in [1.29, 1.82) is 0 Å². The number of thiol groups is 1. The van der Waals surface area contributed by atoms with Crippen LogP contribution in [0.15, 0.2) is 170 Å². The number of hydrogen-bond acceptors (Lipinski definition) is 12. The second kappa shape index (κ2) is 46.7. The maximum absolute atomic E-state index is 14.9. The molecule has 1 fully saturated rings. The van der Waals surface area contributed by atoms with Crippen molar-refractivity contribution in [2.45, 2.75) is 244 Å². The van der Waals surface area contributed by atoms with Crippen molar-refractivity contribution < 1.29 is 52.2 Å². The highest BCUT2D eigenvalue weighted by molar-refractivity contribution is 7.80. The third-order valence-electron chi connectivity index (χ3n) is 17.8. The Morgan fingerprint density at radius 2 is 0.839 bits per heavy atom. The van der Waals surface area contributed by atoms with Gasteiger partial charge in [0.05, 0.1) is 79.3 Å². The highest BCUT2D eigenvalue weighted by atomic mass is 32.1. The molecule has 1 heterocycles. The molecule has 93 heavy (non-hydrogen) atoms. The number of carbonyl (C=O) groups excluding carboxylic acids is 1. The van der Waals surface area contributed by atoms with Gasteiger partial charge in [0.1, 0.15) is 41.7 Å². The van der Waals surface area contributed by atoms with Crippen molar-refractivity contribution in [2.24, 2.45) is 5.92 Å². The Hall–Kier alpha value is -5.38. The molecule has 0 aromatic heterocycles. The molecule has 0 bridgehead atoms. The summed E-state index contributed by atoms with van der Waals surface area (Å²) < 4.78 is 68.4. The Morgan fingerprint density at radius 1 is 0.430 bits per heavy atom. The molecular weight excluding hydrogens is 1180 g/mol. The lowest BCUT2D eigenvalue weighted by atomic mass is 9.89. The number of rotatable bonds is 52. The van der Waals surface area contributed by atoms with Crippen molar-refractivity contribution in [3.63, 3.8) is 0 Å². The summed E-state index contributed by atoms with van der Waals surface area (Å²) in [7, 11) is 3.37.